The van der Waals surface area contributed by atoms with E-state index in [4.69, 9.17) is 4.98 Å². The number of hydrogen-bond acceptors (Lipinski definition) is 4. The summed E-state index contributed by atoms with van der Waals surface area (Å²) < 4.78 is 2.62. The van der Waals surface area contributed by atoms with Gasteiger partial charge in [0.25, 0.3) is 9.40 Å². The SMILES string of the molecule is CCc1cc(N(C)C)cc2[s+]c3cc(N4CCN(C5CCCC5)CC4)cc(CC)c3nc12.[I-]. The summed E-state index contributed by atoms with van der Waals surface area (Å²) in [6.45, 7) is 9.19. The summed E-state index contributed by atoms with van der Waals surface area (Å²) in [5.41, 5.74) is 7.76. The van der Waals surface area contributed by atoms with E-state index >= 15 is 0 Å². The first-order valence-electron chi connectivity index (χ1n) is 12.5. The molecule has 0 N–H and O–H groups in total. The number of piperazine rings is 1. The van der Waals surface area contributed by atoms with Crippen molar-refractivity contribution in [2.75, 3.05) is 50.1 Å². The Kier molecular flexibility index (Phi) is 7.96. The summed E-state index contributed by atoms with van der Waals surface area (Å²) in [5.74, 6) is 0. The van der Waals surface area contributed by atoms with E-state index in [1.54, 1.807) is 0 Å². The standard InChI is InChI=1S/C27H37N4S.HI/c1-5-19-15-22(29(3)4)17-24-26(19)28-27-20(6-2)16-23(18-25(27)32-24)31-13-11-30(12-14-31)21-9-7-8-10-21;/h15-18,21H,5-14H2,1-4H3;1H/q+1;/p-1. The summed E-state index contributed by atoms with van der Waals surface area (Å²) >= 11 is 1.91. The fourth-order valence-electron chi connectivity index (χ4n) is 5.53. The molecule has 33 heavy (non-hydrogen) atoms. The van der Waals surface area contributed by atoms with Crippen molar-refractivity contribution in [2.24, 2.45) is 0 Å². The average Bonchev–Trinajstić information content (AvgIpc) is 3.36. The van der Waals surface area contributed by atoms with Gasteiger partial charge >= 0.3 is 0 Å². The van der Waals surface area contributed by atoms with Gasteiger partial charge < -0.3 is 33.8 Å². The van der Waals surface area contributed by atoms with Crippen LogP contribution in [0.3, 0.4) is 0 Å². The van der Waals surface area contributed by atoms with Gasteiger partial charge in [-0.15, -0.1) is 0 Å². The molecule has 2 fully saturated rings. The number of anilines is 2. The van der Waals surface area contributed by atoms with Crippen LogP contribution in [0.5, 0.6) is 0 Å². The first-order chi connectivity index (χ1) is 15.6. The molecule has 2 aliphatic rings. The minimum Gasteiger partial charge on any atom is -1.00 e. The maximum Gasteiger partial charge on any atom is 0.259 e. The van der Waals surface area contributed by atoms with E-state index in [1.807, 2.05) is 11.3 Å². The molecule has 0 spiro atoms. The molecular weight excluding hydrogens is 539 g/mol. The van der Waals surface area contributed by atoms with E-state index < -0.39 is 0 Å². The predicted octanol–water partition coefficient (Wildman–Crippen LogP) is 2.99. The number of hydrogen-bond donors (Lipinski definition) is 0. The molecule has 2 heterocycles. The van der Waals surface area contributed by atoms with Crippen LogP contribution < -0.4 is 33.8 Å². The van der Waals surface area contributed by atoms with Gasteiger partial charge in [0.2, 0.25) is 11.3 Å². The summed E-state index contributed by atoms with van der Waals surface area (Å²) in [6, 6.07) is 10.3. The fraction of sp³-hybridized carbons (Fsp3) is 0.556. The van der Waals surface area contributed by atoms with E-state index in [2.05, 4.69) is 66.9 Å². The number of nitrogens with zero attached hydrogens (tertiary/aromatic N) is 4. The Balaban J connectivity index is 0.00000259. The first-order valence-corrected chi connectivity index (χ1v) is 13.3. The topological polar surface area (TPSA) is 22.6 Å². The second-order valence-electron chi connectivity index (χ2n) is 9.68. The molecule has 1 aliphatic carbocycles. The van der Waals surface area contributed by atoms with E-state index in [1.165, 1.54) is 81.7 Å². The maximum atomic E-state index is 5.24. The highest BCUT2D eigenvalue weighted by Gasteiger charge is 2.27. The number of aromatic nitrogens is 1. The Morgan fingerprint density at radius 1 is 0.879 bits per heavy atom. The molecule has 5 rings (SSSR count). The predicted molar refractivity (Wildman–Crippen MR) is 141 cm³/mol. The van der Waals surface area contributed by atoms with Crippen molar-refractivity contribution in [3.63, 3.8) is 0 Å². The Morgan fingerprint density at radius 3 is 2.09 bits per heavy atom. The Hall–Kier alpha value is -1.25. The smallest absolute Gasteiger partial charge is 0.259 e. The van der Waals surface area contributed by atoms with Gasteiger partial charge in [-0.3, -0.25) is 4.90 Å². The van der Waals surface area contributed by atoms with Gasteiger partial charge in [-0.1, -0.05) is 26.7 Å². The summed E-state index contributed by atoms with van der Waals surface area (Å²) in [5, 5.41) is 0. The third-order valence-corrected chi connectivity index (χ3v) is 8.58. The van der Waals surface area contributed by atoms with E-state index in [9.17, 15) is 0 Å². The second kappa shape index (κ2) is 10.6. The minimum atomic E-state index is 0. The molecule has 3 aromatic rings. The molecule has 6 heteroatoms. The normalized spacial score (nSPS) is 17.6. The molecule has 0 radical (unpaired) electrons. The highest BCUT2D eigenvalue weighted by molar-refractivity contribution is 7.24. The number of fused-ring (bicyclic) bond motifs is 2. The van der Waals surface area contributed by atoms with Crippen molar-refractivity contribution in [3.8, 4) is 0 Å². The molecule has 0 bridgehead atoms. The molecule has 4 nitrogen and oxygen atoms in total. The number of rotatable bonds is 5. The Morgan fingerprint density at radius 2 is 1.48 bits per heavy atom. The van der Waals surface area contributed by atoms with Gasteiger partial charge in [0.15, 0.2) is 0 Å². The maximum absolute atomic E-state index is 5.24. The molecular formula is C27H37IN4S. The van der Waals surface area contributed by atoms with Crippen LogP contribution in [-0.2, 0) is 12.8 Å². The van der Waals surface area contributed by atoms with Crippen LogP contribution in [-0.4, -0.2) is 56.2 Å². The highest BCUT2D eigenvalue weighted by atomic mass is 127. The lowest BCUT2D eigenvalue weighted by molar-refractivity contribution is -0.00000659. The molecule has 0 unspecified atom stereocenters. The number of benzene rings is 2. The zero-order chi connectivity index (χ0) is 22.2. The van der Waals surface area contributed by atoms with E-state index in [-0.39, 0.29) is 24.0 Å². The molecule has 1 saturated carbocycles. The molecule has 1 aliphatic heterocycles. The van der Waals surface area contributed by atoms with Crippen LogP contribution in [0, 0.1) is 0 Å². The van der Waals surface area contributed by atoms with E-state index in [0.717, 1.165) is 32.0 Å². The zero-order valence-corrected chi connectivity index (χ0v) is 23.5. The van der Waals surface area contributed by atoms with Gasteiger partial charge in [0.1, 0.15) is 11.0 Å². The minimum absolute atomic E-state index is 0. The van der Waals surface area contributed by atoms with Gasteiger partial charge in [-0.05, 0) is 48.9 Å². The first kappa shape index (κ1) is 24.9. The monoisotopic (exact) mass is 576 g/mol. The van der Waals surface area contributed by atoms with Crippen molar-refractivity contribution in [2.45, 2.75) is 58.4 Å². The van der Waals surface area contributed by atoms with E-state index in [0.29, 0.717) is 0 Å². The van der Waals surface area contributed by atoms with Crippen molar-refractivity contribution in [1.29, 1.82) is 0 Å². The lowest BCUT2D eigenvalue weighted by Crippen LogP contribution is -3.00. The Bertz CT molecular complexity index is 1120. The van der Waals surface area contributed by atoms with Gasteiger partial charge in [-0.2, -0.15) is 0 Å². The second-order valence-corrected chi connectivity index (χ2v) is 10.8. The molecule has 0 amide bonds. The van der Waals surface area contributed by atoms with Crippen molar-refractivity contribution in [1.82, 2.24) is 9.88 Å². The number of halogens is 1. The van der Waals surface area contributed by atoms with Crippen LogP contribution in [0.4, 0.5) is 11.4 Å². The molecule has 2 aromatic carbocycles. The van der Waals surface area contributed by atoms with Crippen molar-refractivity contribution >= 4 is 43.1 Å². The lowest BCUT2D eigenvalue weighted by Gasteiger charge is -2.39. The molecule has 1 saturated heterocycles. The van der Waals surface area contributed by atoms with Crippen LogP contribution >= 0.6 is 11.3 Å². The lowest BCUT2D eigenvalue weighted by atomic mass is 10.1. The average molecular weight is 577 g/mol. The molecule has 1 aromatic heterocycles. The summed E-state index contributed by atoms with van der Waals surface area (Å²) in [7, 11) is 4.25. The summed E-state index contributed by atoms with van der Waals surface area (Å²) in [4.78, 5) is 12.8. The van der Waals surface area contributed by atoms with Gasteiger partial charge in [-0.25, -0.2) is 4.98 Å². The van der Waals surface area contributed by atoms with Crippen LogP contribution in [0.2, 0.25) is 0 Å². The highest BCUT2D eigenvalue weighted by Crippen LogP contribution is 2.36. The third-order valence-electron chi connectivity index (χ3n) is 7.52. The zero-order valence-electron chi connectivity index (χ0n) is 20.5. The fourth-order valence-corrected chi connectivity index (χ4v) is 6.68. The van der Waals surface area contributed by atoms with Gasteiger partial charge in [0, 0.05) is 69.8 Å². The quantitative estimate of drug-likeness (QED) is 0.265. The van der Waals surface area contributed by atoms with Crippen molar-refractivity contribution < 1.29 is 24.0 Å². The molecule has 0 atom stereocenters. The Labute approximate surface area is 220 Å². The van der Waals surface area contributed by atoms with Crippen LogP contribution in [0.25, 0.3) is 20.4 Å². The van der Waals surface area contributed by atoms with Crippen molar-refractivity contribution in [3.05, 3.63) is 35.4 Å². The van der Waals surface area contributed by atoms with Crippen LogP contribution in [0.15, 0.2) is 24.3 Å². The molecule has 178 valence electrons. The summed E-state index contributed by atoms with van der Waals surface area (Å²) in [6.07, 6.45) is 7.69. The third kappa shape index (κ3) is 4.94. The van der Waals surface area contributed by atoms with Gasteiger partial charge in [0.05, 0.1) is 0 Å². The number of aryl methyl sites for hydroxylation is 2. The largest absolute Gasteiger partial charge is 1.00 e. The van der Waals surface area contributed by atoms with Crippen LogP contribution in [0.1, 0.15) is 50.7 Å².